The van der Waals surface area contributed by atoms with Crippen molar-refractivity contribution in [2.24, 2.45) is 5.92 Å². The summed E-state index contributed by atoms with van der Waals surface area (Å²) < 4.78 is 14.6. The Kier molecular flexibility index (Phi) is 4.62. The molecule has 0 spiro atoms. The number of aromatic nitrogens is 2. The molecule has 0 aliphatic heterocycles. The Labute approximate surface area is 160 Å². The van der Waals surface area contributed by atoms with E-state index in [-0.39, 0.29) is 30.2 Å². The molecule has 1 fully saturated rings. The van der Waals surface area contributed by atoms with Gasteiger partial charge in [-0.25, -0.2) is 9.37 Å². The molecule has 6 nitrogen and oxygen atoms in total. The van der Waals surface area contributed by atoms with Gasteiger partial charge in [-0.1, -0.05) is 6.07 Å². The first kappa shape index (κ1) is 17.9. The van der Waals surface area contributed by atoms with Crippen LogP contribution in [0.25, 0.3) is 22.2 Å². The number of carbonyl (C=O) groups excluding carboxylic acids is 2. The first-order valence-corrected chi connectivity index (χ1v) is 9.06. The third-order valence-electron chi connectivity index (χ3n) is 4.77. The van der Waals surface area contributed by atoms with Gasteiger partial charge in [-0.2, -0.15) is 5.26 Å². The van der Waals surface area contributed by atoms with Crippen LogP contribution >= 0.6 is 0 Å². The Morgan fingerprint density at radius 2 is 2.11 bits per heavy atom. The third kappa shape index (κ3) is 3.49. The predicted molar refractivity (Wildman–Crippen MR) is 102 cm³/mol. The highest BCUT2D eigenvalue weighted by molar-refractivity contribution is 6.00. The fraction of sp³-hybridized carbons (Fsp3) is 0.238. The molecule has 0 saturated heterocycles. The van der Waals surface area contributed by atoms with Gasteiger partial charge in [0, 0.05) is 30.3 Å². The fourth-order valence-corrected chi connectivity index (χ4v) is 3.13. The van der Waals surface area contributed by atoms with Crippen LogP contribution in [-0.2, 0) is 4.79 Å². The molecule has 7 heteroatoms. The number of nitriles is 1. The fourth-order valence-electron chi connectivity index (χ4n) is 3.13. The highest BCUT2D eigenvalue weighted by atomic mass is 19.1. The summed E-state index contributed by atoms with van der Waals surface area (Å²) in [5.74, 6) is -0.653. The van der Waals surface area contributed by atoms with E-state index < -0.39 is 11.6 Å². The molecule has 1 aliphatic carbocycles. The molecular formula is C21H17FN4O2. The predicted octanol–water partition coefficient (Wildman–Crippen LogP) is 4.20. The summed E-state index contributed by atoms with van der Waals surface area (Å²) in [7, 11) is 0. The van der Waals surface area contributed by atoms with Crippen LogP contribution in [0.1, 0.15) is 36.0 Å². The molecule has 0 radical (unpaired) electrons. The Morgan fingerprint density at radius 1 is 1.29 bits per heavy atom. The number of ketones is 1. The minimum atomic E-state index is -0.635. The summed E-state index contributed by atoms with van der Waals surface area (Å²) >= 11 is 0. The van der Waals surface area contributed by atoms with Crippen molar-refractivity contribution in [2.45, 2.75) is 25.7 Å². The number of fused-ring (bicyclic) bond motifs is 1. The number of nitrogens with zero attached hydrogens (tertiary/aromatic N) is 2. The first-order chi connectivity index (χ1) is 13.6. The second-order valence-corrected chi connectivity index (χ2v) is 6.83. The van der Waals surface area contributed by atoms with Gasteiger partial charge in [-0.05, 0) is 48.2 Å². The van der Waals surface area contributed by atoms with E-state index in [0.717, 1.165) is 18.2 Å². The lowest BCUT2D eigenvalue weighted by Gasteiger charge is -2.10. The molecule has 1 amide bonds. The van der Waals surface area contributed by atoms with Crippen molar-refractivity contribution in [1.82, 2.24) is 9.97 Å². The summed E-state index contributed by atoms with van der Waals surface area (Å²) in [5.41, 5.74) is 1.83. The number of nitrogens with one attached hydrogen (secondary N) is 2. The van der Waals surface area contributed by atoms with Crippen molar-refractivity contribution < 1.29 is 14.0 Å². The summed E-state index contributed by atoms with van der Waals surface area (Å²) in [5, 5.41) is 12.2. The van der Waals surface area contributed by atoms with Crippen molar-refractivity contribution >= 4 is 28.5 Å². The number of amides is 1. The van der Waals surface area contributed by atoms with Gasteiger partial charge in [0.2, 0.25) is 5.91 Å². The average molecular weight is 376 g/mol. The third-order valence-corrected chi connectivity index (χ3v) is 4.77. The van der Waals surface area contributed by atoms with Crippen LogP contribution in [-0.4, -0.2) is 21.7 Å². The number of halogens is 1. The quantitative estimate of drug-likeness (QED) is 0.630. The van der Waals surface area contributed by atoms with Gasteiger partial charge in [0.05, 0.1) is 11.6 Å². The van der Waals surface area contributed by atoms with E-state index in [1.54, 1.807) is 18.3 Å². The molecule has 0 unspecified atom stereocenters. The maximum absolute atomic E-state index is 14.6. The number of hydrogen-bond donors (Lipinski definition) is 2. The van der Waals surface area contributed by atoms with Crippen LogP contribution in [0.3, 0.4) is 0 Å². The second kappa shape index (κ2) is 7.24. The van der Waals surface area contributed by atoms with Crippen LogP contribution < -0.4 is 5.32 Å². The largest absolute Gasteiger partial charge is 0.346 e. The highest BCUT2D eigenvalue weighted by Gasteiger charge is 2.30. The smallest absolute Gasteiger partial charge is 0.228 e. The monoisotopic (exact) mass is 376 g/mol. The van der Waals surface area contributed by atoms with Gasteiger partial charge >= 0.3 is 0 Å². The molecule has 2 N–H and O–H groups in total. The lowest BCUT2D eigenvalue weighted by molar-refractivity contribution is -0.117. The van der Waals surface area contributed by atoms with Gasteiger partial charge in [-0.3, -0.25) is 9.59 Å². The van der Waals surface area contributed by atoms with E-state index >= 15 is 0 Å². The van der Waals surface area contributed by atoms with Crippen LogP contribution in [0.15, 0.2) is 36.5 Å². The molecule has 140 valence electrons. The van der Waals surface area contributed by atoms with Crippen molar-refractivity contribution in [1.29, 1.82) is 5.26 Å². The number of benzene rings is 1. The van der Waals surface area contributed by atoms with Crippen molar-refractivity contribution in [3.8, 4) is 17.2 Å². The highest BCUT2D eigenvalue weighted by Crippen LogP contribution is 2.33. The van der Waals surface area contributed by atoms with Crippen molar-refractivity contribution in [3.05, 3.63) is 47.9 Å². The summed E-state index contributed by atoms with van der Waals surface area (Å²) in [6, 6.07) is 9.83. The molecule has 4 rings (SSSR count). The van der Waals surface area contributed by atoms with Crippen molar-refractivity contribution in [3.63, 3.8) is 0 Å². The minimum Gasteiger partial charge on any atom is -0.346 e. The van der Waals surface area contributed by atoms with E-state index in [1.807, 2.05) is 12.1 Å². The Balaban J connectivity index is 1.70. The topological polar surface area (TPSA) is 98.6 Å². The van der Waals surface area contributed by atoms with E-state index in [4.69, 9.17) is 5.26 Å². The van der Waals surface area contributed by atoms with Crippen LogP contribution in [0.5, 0.6) is 0 Å². The zero-order valence-corrected chi connectivity index (χ0v) is 15.0. The van der Waals surface area contributed by atoms with Gasteiger partial charge in [-0.15, -0.1) is 0 Å². The number of hydrogen-bond acceptors (Lipinski definition) is 4. The van der Waals surface area contributed by atoms with E-state index in [0.29, 0.717) is 22.6 Å². The Bertz CT molecular complexity index is 1130. The number of carbonyl (C=O) groups is 2. The number of aromatic amines is 1. The van der Waals surface area contributed by atoms with Gasteiger partial charge in [0.25, 0.3) is 0 Å². The van der Waals surface area contributed by atoms with Gasteiger partial charge in [0.15, 0.2) is 5.78 Å². The number of pyridine rings is 1. The summed E-state index contributed by atoms with van der Waals surface area (Å²) in [6.07, 6.45) is 3.54. The number of Topliss-reactive ketones (excluding diaryl/α,β-unsaturated/α-hetero) is 1. The first-order valence-electron chi connectivity index (χ1n) is 9.06. The number of anilines is 1. The zero-order chi connectivity index (χ0) is 19.7. The molecule has 2 aromatic heterocycles. The molecule has 0 bridgehead atoms. The SMILES string of the molecule is N#CCCC(=O)c1ccc(-c2cc(NC(=O)C3CC3)nc3[nH]ccc23)cc1F. The number of H-pyrrole nitrogens is 1. The van der Waals surface area contributed by atoms with Gasteiger partial charge in [0.1, 0.15) is 17.3 Å². The second-order valence-electron chi connectivity index (χ2n) is 6.83. The van der Waals surface area contributed by atoms with E-state index in [1.165, 1.54) is 12.1 Å². The van der Waals surface area contributed by atoms with E-state index in [2.05, 4.69) is 15.3 Å². The molecule has 3 aromatic rings. The zero-order valence-electron chi connectivity index (χ0n) is 15.0. The van der Waals surface area contributed by atoms with Gasteiger partial charge < -0.3 is 10.3 Å². The molecular weight excluding hydrogens is 359 g/mol. The maximum atomic E-state index is 14.6. The van der Waals surface area contributed by atoms with Crippen LogP contribution in [0.2, 0.25) is 0 Å². The lowest BCUT2D eigenvalue weighted by atomic mass is 9.99. The summed E-state index contributed by atoms with van der Waals surface area (Å²) in [4.78, 5) is 31.5. The molecule has 28 heavy (non-hydrogen) atoms. The van der Waals surface area contributed by atoms with Crippen LogP contribution in [0, 0.1) is 23.1 Å². The summed E-state index contributed by atoms with van der Waals surface area (Å²) in [6.45, 7) is 0. The molecule has 1 saturated carbocycles. The number of rotatable bonds is 6. The average Bonchev–Trinajstić information content (AvgIpc) is 3.43. The molecule has 1 aromatic carbocycles. The lowest BCUT2D eigenvalue weighted by Crippen LogP contribution is -2.14. The molecule has 1 aliphatic rings. The van der Waals surface area contributed by atoms with Crippen molar-refractivity contribution in [2.75, 3.05) is 5.32 Å². The Morgan fingerprint density at radius 3 is 2.82 bits per heavy atom. The molecule has 2 heterocycles. The minimum absolute atomic E-state index is 0.0125. The normalized spacial score (nSPS) is 13.3. The Hall–Kier alpha value is -3.53. The van der Waals surface area contributed by atoms with Crippen LogP contribution in [0.4, 0.5) is 10.2 Å². The van der Waals surface area contributed by atoms with E-state index in [9.17, 15) is 14.0 Å². The standard InChI is InChI=1S/C21H17FN4O2/c22-17-10-13(5-6-15(17)18(27)2-1-8-23)16-11-19(26-21(28)12-3-4-12)25-20-14(16)7-9-24-20/h5-7,9-12H,1-4H2,(H2,24,25,26,28). The molecule has 0 atom stereocenters. The maximum Gasteiger partial charge on any atom is 0.228 e.